The van der Waals surface area contributed by atoms with Crippen LogP contribution in [0.15, 0.2) is 18.2 Å². The molecule has 0 atom stereocenters. The van der Waals surface area contributed by atoms with Gasteiger partial charge in [0.1, 0.15) is 0 Å². The second-order valence-electron chi connectivity index (χ2n) is 6.91. The molecule has 0 bridgehead atoms. The Balaban J connectivity index is 1.77. The van der Waals surface area contributed by atoms with Gasteiger partial charge in [0.05, 0.1) is 23.7 Å². The second kappa shape index (κ2) is 6.95. The van der Waals surface area contributed by atoms with E-state index in [9.17, 15) is 18.0 Å². The van der Waals surface area contributed by atoms with Crippen LogP contribution in [0.5, 0.6) is 0 Å². The standard InChI is InChI=1S/C18H20F3N3O/c19-18(20,21)16-7-15(6-5-14(16)8-22)24(10-13-3-4-13)11-17(25)23-9-12-1-2-12/h5-7,12-13H,1-4,9-11H2,(H,23,25). The fourth-order valence-electron chi connectivity index (χ4n) is 2.74. The molecule has 1 N–H and O–H groups in total. The number of rotatable bonds is 7. The predicted octanol–water partition coefficient (Wildman–Crippen LogP) is 3.32. The summed E-state index contributed by atoms with van der Waals surface area (Å²) in [5.74, 6) is 0.791. The van der Waals surface area contributed by atoms with Gasteiger partial charge in [0, 0.05) is 18.8 Å². The van der Waals surface area contributed by atoms with Crippen molar-refractivity contribution in [3.63, 3.8) is 0 Å². The average molecular weight is 351 g/mol. The molecule has 0 saturated heterocycles. The highest BCUT2D eigenvalue weighted by molar-refractivity contribution is 5.81. The molecule has 0 aromatic heterocycles. The van der Waals surface area contributed by atoms with E-state index in [0.29, 0.717) is 30.6 Å². The van der Waals surface area contributed by atoms with Gasteiger partial charge in [-0.15, -0.1) is 0 Å². The molecular formula is C18H20F3N3O. The fraction of sp³-hybridized carbons (Fsp3) is 0.556. The third-order valence-corrected chi connectivity index (χ3v) is 4.59. The van der Waals surface area contributed by atoms with Crippen LogP contribution in [-0.2, 0) is 11.0 Å². The van der Waals surface area contributed by atoms with Crippen LogP contribution in [0.4, 0.5) is 18.9 Å². The largest absolute Gasteiger partial charge is 0.417 e. The Morgan fingerprint density at radius 2 is 1.92 bits per heavy atom. The number of carbonyl (C=O) groups excluding carboxylic acids is 1. The van der Waals surface area contributed by atoms with E-state index in [1.165, 1.54) is 12.1 Å². The van der Waals surface area contributed by atoms with Crippen LogP contribution < -0.4 is 10.2 Å². The van der Waals surface area contributed by atoms with Gasteiger partial charge in [0.25, 0.3) is 0 Å². The van der Waals surface area contributed by atoms with Gasteiger partial charge in [0.15, 0.2) is 0 Å². The van der Waals surface area contributed by atoms with E-state index in [4.69, 9.17) is 5.26 Å². The molecule has 7 heteroatoms. The normalized spacial score (nSPS) is 17.0. The number of halogens is 3. The summed E-state index contributed by atoms with van der Waals surface area (Å²) in [6, 6.07) is 5.24. The lowest BCUT2D eigenvalue weighted by Crippen LogP contribution is -2.39. The Kier molecular flexibility index (Phi) is 4.89. The maximum atomic E-state index is 13.2. The van der Waals surface area contributed by atoms with Crippen LogP contribution in [0.25, 0.3) is 0 Å². The van der Waals surface area contributed by atoms with Crippen molar-refractivity contribution in [1.82, 2.24) is 5.32 Å². The van der Waals surface area contributed by atoms with Gasteiger partial charge in [-0.2, -0.15) is 18.4 Å². The van der Waals surface area contributed by atoms with Gasteiger partial charge in [-0.05, 0) is 55.7 Å². The van der Waals surface area contributed by atoms with Gasteiger partial charge in [0.2, 0.25) is 5.91 Å². The van der Waals surface area contributed by atoms with Crippen molar-refractivity contribution in [2.75, 3.05) is 24.5 Å². The molecular weight excluding hydrogens is 331 g/mol. The molecule has 1 aromatic carbocycles. The third-order valence-electron chi connectivity index (χ3n) is 4.59. The molecule has 2 aliphatic rings. The molecule has 4 nitrogen and oxygen atoms in total. The maximum absolute atomic E-state index is 13.2. The third kappa shape index (κ3) is 4.88. The molecule has 25 heavy (non-hydrogen) atoms. The number of benzene rings is 1. The first-order chi connectivity index (χ1) is 11.9. The smallest absolute Gasteiger partial charge is 0.362 e. The zero-order chi connectivity index (χ0) is 18.0. The molecule has 1 amide bonds. The van der Waals surface area contributed by atoms with E-state index in [1.807, 2.05) is 0 Å². The molecule has 0 spiro atoms. The van der Waals surface area contributed by atoms with Crippen LogP contribution in [0.3, 0.4) is 0 Å². The summed E-state index contributed by atoms with van der Waals surface area (Å²) in [6.45, 7) is 1.23. The lowest BCUT2D eigenvalue weighted by atomic mass is 10.1. The van der Waals surface area contributed by atoms with Gasteiger partial charge < -0.3 is 10.2 Å². The molecule has 0 aliphatic heterocycles. The molecule has 1 aromatic rings. The predicted molar refractivity (Wildman–Crippen MR) is 86.8 cm³/mol. The summed E-state index contributed by atoms with van der Waals surface area (Å²) in [6.07, 6.45) is -0.293. The zero-order valence-electron chi connectivity index (χ0n) is 13.8. The van der Waals surface area contributed by atoms with Gasteiger partial charge in [-0.25, -0.2) is 0 Å². The van der Waals surface area contributed by atoms with Crippen LogP contribution in [0.1, 0.15) is 36.8 Å². The van der Waals surface area contributed by atoms with E-state index in [-0.39, 0.29) is 12.5 Å². The number of hydrogen-bond acceptors (Lipinski definition) is 3. The fourth-order valence-corrected chi connectivity index (χ4v) is 2.74. The molecule has 2 fully saturated rings. The molecule has 134 valence electrons. The molecule has 0 radical (unpaired) electrons. The van der Waals surface area contributed by atoms with E-state index in [0.717, 1.165) is 31.7 Å². The van der Waals surface area contributed by atoms with Crippen LogP contribution in [0, 0.1) is 23.2 Å². The van der Waals surface area contributed by atoms with Crippen molar-refractivity contribution < 1.29 is 18.0 Å². The summed E-state index contributed by atoms with van der Waals surface area (Å²) < 4.78 is 39.6. The number of nitrogens with zero attached hydrogens (tertiary/aromatic N) is 2. The first-order valence-corrected chi connectivity index (χ1v) is 8.50. The highest BCUT2D eigenvalue weighted by atomic mass is 19.4. The topological polar surface area (TPSA) is 56.1 Å². The number of carbonyl (C=O) groups is 1. The number of alkyl halides is 3. The monoisotopic (exact) mass is 351 g/mol. The Hall–Kier alpha value is -2.23. The zero-order valence-corrected chi connectivity index (χ0v) is 13.8. The van der Waals surface area contributed by atoms with E-state index < -0.39 is 17.3 Å². The van der Waals surface area contributed by atoms with Crippen molar-refractivity contribution in [3.05, 3.63) is 29.3 Å². The van der Waals surface area contributed by atoms with E-state index in [1.54, 1.807) is 11.0 Å². The number of nitrogens with one attached hydrogen (secondary N) is 1. The van der Waals surface area contributed by atoms with Crippen LogP contribution in [-0.4, -0.2) is 25.5 Å². The summed E-state index contributed by atoms with van der Waals surface area (Å²) in [5, 5.41) is 11.8. The van der Waals surface area contributed by atoms with Gasteiger partial charge in [-0.1, -0.05) is 0 Å². The molecule has 0 heterocycles. The number of amides is 1. The van der Waals surface area contributed by atoms with Crippen molar-refractivity contribution >= 4 is 11.6 Å². The quantitative estimate of drug-likeness (QED) is 0.820. The van der Waals surface area contributed by atoms with Crippen molar-refractivity contribution in [2.45, 2.75) is 31.9 Å². The highest BCUT2D eigenvalue weighted by Gasteiger charge is 2.35. The minimum Gasteiger partial charge on any atom is -0.362 e. The van der Waals surface area contributed by atoms with Crippen molar-refractivity contribution in [2.24, 2.45) is 11.8 Å². The first kappa shape index (κ1) is 17.6. The summed E-state index contributed by atoms with van der Waals surface area (Å²) in [7, 11) is 0. The Morgan fingerprint density at radius 1 is 1.24 bits per heavy atom. The Morgan fingerprint density at radius 3 is 2.48 bits per heavy atom. The minimum atomic E-state index is -4.60. The second-order valence-corrected chi connectivity index (χ2v) is 6.91. The van der Waals surface area contributed by atoms with Crippen LogP contribution in [0.2, 0.25) is 0 Å². The average Bonchev–Trinajstić information content (AvgIpc) is 3.45. The van der Waals surface area contributed by atoms with E-state index >= 15 is 0 Å². The Bertz CT molecular complexity index is 688. The highest BCUT2D eigenvalue weighted by Crippen LogP contribution is 2.36. The molecule has 2 saturated carbocycles. The molecule has 2 aliphatic carbocycles. The summed E-state index contributed by atoms with van der Waals surface area (Å²) in [4.78, 5) is 13.8. The summed E-state index contributed by atoms with van der Waals surface area (Å²) in [5.41, 5.74) is -1.02. The van der Waals surface area contributed by atoms with E-state index in [2.05, 4.69) is 5.32 Å². The van der Waals surface area contributed by atoms with Crippen molar-refractivity contribution in [1.29, 1.82) is 5.26 Å². The SMILES string of the molecule is N#Cc1ccc(N(CC(=O)NCC2CC2)CC2CC2)cc1C(F)(F)F. The van der Waals surface area contributed by atoms with Crippen molar-refractivity contribution in [3.8, 4) is 6.07 Å². The Labute approximate surface area is 144 Å². The maximum Gasteiger partial charge on any atom is 0.417 e. The number of nitriles is 1. The lowest BCUT2D eigenvalue weighted by Gasteiger charge is -2.25. The molecule has 3 rings (SSSR count). The van der Waals surface area contributed by atoms with Crippen LogP contribution >= 0.6 is 0 Å². The van der Waals surface area contributed by atoms with Gasteiger partial charge in [-0.3, -0.25) is 4.79 Å². The molecule has 0 unspecified atom stereocenters. The number of anilines is 1. The van der Waals surface area contributed by atoms with Gasteiger partial charge >= 0.3 is 6.18 Å². The lowest BCUT2D eigenvalue weighted by molar-refractivity contribution is -0.137. The minimum absolute atomic E-state index is 0.0341. The summed E-state index contributed by atoms with van der Waals surface area (Å²) >= 11 is 0. The first-order valence-electron chi connectivity index (χ1n) is 8.50. The number of hydrogen-bond donors (Lipinski definition) is 1.